The fourth-order valence-corrected chi connectivity index (χ4v) is 3.30. The van der Waals surface area contributed by atoms with Crippen molar-refractivity contribution in [2.24, 2.45) is 11.8 Å². The Bertz CT molecular complexity index is 514. The number of aliphatic hydroxyl groups is 1. The summed E-state index contributed by atoms with van der Waals surface area (Å²) in [6, 6.07) is 8.17. The summed E-state index contributed by atoms with van der Waals surface area (Å²) in [7, 11) is 0. The summed E-state index contributed by atoms with van der Waals surface area (Å²) in [4.78, 5) is 12.1. The van der Waals surface area contributed by atoms with Gasteiger partial charge in [-0.3, -0.25) is 4.79 Å². The molecular formula is C15H20BrClN2O2. The average Bonchev–Trinajstić information content (AvgIpc) is 3.13. The number of amides is 1. The molecule has 1 aliphatic heterocycles. The van der Waals surface area contributed by atoms with Crippen LogP contribution >= 0.6 is 28.3 Å². The van der Waals surface area contributed by atoms with Crippen molar-refractivity contribution in [1.29, 1.82) is 0 Å². The fraction of sp³-hybridized carbons (Fsp3) is 0.533. The van der Waals surface area contributed by atoms with Gasteiger partial charge in [0.2, 0.25) is 5.91 Å². The largest absolute Gasteiger partial charge is 0.391 e. The number of carbonyl (C=O) groups excluding carboxylic acids is 1. The monoisotopic (exact) mass is 374 g/mol. The normalized spacial score (nSPS) is 30.6. The molecule has 4 nitrogen and oxygen atoms in total. The first-order chi connectivity index (χ1) is 9.65. The molecule has 0 bridgehead atoms. The second-order valence-corrected chi connectivity index (χ2v) is 6.65. The Balaban J connectivity index is 0.00000161. The fourth-order valence-electron chi connectivity index (χ4n) is 2.88. The summed E-state index contributed by atoms with van der Waals surface area (Å²) in [5.41, 5.74) is 1.22. The van der Waals surface area contributed by atoms with Crippen LogP contribution < -0.4 is 10.6 Å². The zero-order valence-corrected chi connectivity index (χ0v) is 14.0. The number of halogens is 2. The quantitative estimate of drug-likeness (QED) is 0.750. The highest BCUT2D eigenvalue weighted by Gasteiger charge is 2.44. The second kappa shape index (κ2) is 7.09. The minimum Gasteiger partial charge on any atom is -0.391 e. The molecule has 116 valence electrons. The number of hydrogen-bond donors (Lipinski definition) is 3. The summed E-state index contributed by atoms with van der Waals surface area (Å²) < 4.78 is 1.06. The molecule has 1 amide bonds. The molecule has 2 fully saturated rings. The smallest absolute Gasteiger partial charge is 0.223 e. The predicted molar refractivity (Wildman–Crippen MR) is 87.6 cm³/mol. The van der Waals surface area contributed by atoms with Gasteiger partial charge in [0.15, 0.2) is 0 Å². The molecule has 1 saturated heterocycles. The van der Waals surface area contributed by atoms with Crippen molar-refractivity contribution < 1.29 is 9.90 Å². The van der Waals surface area contributed by atoms with Crippen LogP contribution in [0.4, 0.5) is 0 Å². The van der Waals surface area contributed by atoms with Gasteiger partial charge in [-0.15, -0.1) is 12.4 Å². The maximum Gasteiger partial charge on any atom is 0.223 e. The van der Waals surface area contributed by atoms with Gasteiger partial charge in [0.1, 0.15) is 0 Å². The van der Waals surface area contributed by atoms with Crippen LogP contribution in [0.2, 0.25) is 0 Å². The number of aliphatic hydroxyl groups excluding tert-OH is 1. The van der Waals surface area contributed by atoms with Crippen LogP contribution in [-0.4, -0.2) is 36.8 Å². The van der Waals surface area contributed by atoms with Gasteiger partial charge in [-0.05, 0) is 30.0 Å². The van der Waals surface area contributed by atoms with E-state index < -0.39 is 0 Å². The Morgan fingerprint density at radius 1 is 1.43 bits per heavy atom. The third kappa shape index (κ3) is 3.97. The van der Waals surface area contributed by atoms with Gasteiger partial charge in [0.05, 0.1) is 6.10 Å². The molecule has 21 heavy (non-hydrogen) atoms. The highest BCUT2D eigenvalue weighted by molar-refractivity contribution is 9.10. The molecule has 1 aromatic rings. The van der Waals surface area contributed by atoms with Gasteiger partial charge < -0.3 is 15.7 Å². The van der Waals surface area contributed by atoms with E-state index >= 15 is 0 Å². The maximum absolute atomic E-state index is 12.1. The number of rotatable bonds is 4. The molecule has 6 heteroatoms. The van der Waals surface area contributed by atoms with E-state index in [0.29, 0.717) is 19.0 Å². The van der Waals surface area contributed by atoms with E-state index in [0.717, 1.165) is 17.4 Å². The summed E-state index contributed by atoms with van der Waals surface area (Å²) in [6.07, 6.45) is 0.587. The minimum atomic E-state index is -0.338. The van der Waals surface area contributed by atoms with Gasteiger partial charge in [0.25, 0.3) is 0 Å². The van der Waals surface area contributed by atoms with E-state index in [9.17, 15) is 9.90 Å². The van der Waals surface area contributed by atoms with Crippen molar-refractivity contribution >= 4 is 34.2 Å². The molecule has 1 aromatic carbocycles. The molecule has 3 rings (SSSR count). The lowest BCUT2D eigenvalue weighted by atomic mass is 10.1. The Morgan fingerprint density at radius 2 is 2.24 bits per heavy atom. The molecule has 1 aliphatic carbocycles. The summed E-state index contributed by atoms with van der Waals surface area (Å²) in [5, 5.41) is 15.8. The minimum absolute atomic E-state index is 0. The van der Waals surface area contributed by atoms with Crippen molar-refractivity contribution in [3.8, 4) is 0 Å². The summed E-state index contributed by atoms with van der Waals surface area (Å²) in [5.74, 6) is 0.700. The number of carbonyl (C=O) groups is 1. The number of β-amino-alcohol motifs (C(OH)–C–C–N with tert-alkyl or cyclic N) is 1. The van der Waals surface area contributed by atoms with Crippen LogP contribution in [0.15, 0.2) is 28.7 Å². The summed E-state index contributed by atoms with van der Waals surface area (Å²) in [6.45, 7) is 1.97. The predicted octanol–water partition coefficient (Wildman–Crippen LogP) is 1.67. The van der Waals surface area contributed by atoms with Gasteiger partial charge in [-0.2, -0.15) is 0 Å². The number of nitrogens with one attached hydrogen (secondary N) is 2. The Labute approximate surface area is 139 Å². The van der Waals surface area contributed by atoms with Crippen LogP contribution in [-0.2, 0) is 4.79 Å². The first kappa shape index (κ1) is 16.7. The van der Waals surface area contributed by atoms with Gasteiger partial charge in [-0.1, -0.05) is 28.1 Å². The van der Waals surface area contributed by atoms with Crippen LogP contribution in [0.1, 0.15) is 17.9 Å². The molecule has 0 radical (unpaired) electrons. The molecule has 1 heterocycles. The lowest BCUT2D eigenvalue weighted by Crippen LogP contribution is -2.35. The van der Waals surface area contributed by atoms with Crippen molar-refractivity contribution in [2.45, 2.75) is 18.4 Å². The number of benzene rings is 1. The van der Waals surface area contributed by atoms with Crippen molar-refractivity contribution in [1.82, 2.24) is 10.6 Å². The van der Waals surface area contributed by atoms with E-state index in [1.807, 2.05) is 12.1 Å². The van der Waals surface area contributed by atoms with Gasteiger partial charge in [-0.25, -0.2) is 0 Å². The first-order valence-electron chi connectivity index (χ1n) is 7.07. The van der Waals surface area contributed by atoms with Crippen LogP contribution in [0, 0.1) is 11.8 Å². The Hall–Kier alpha value is -0.620. The standard InChI is InChI=1S/C15H19BrN2O2.ClH/c16-11-3-1-2-9(4-11)12-5-13(12)15(20)18-7-10-6-17-8-14(10)19;/h1-4,10,12-14,17,19H,5-8H2,(H,18,20);1H. The van der Waals surface area contributed by atoms with Crippen molar-refractivity contribution in [2.75, 3.05) is 19.6 Å². The van der Waals surface area contributed by atoms with Crippen LogP contribution in [0.25, 0.3) is 0 Å². The lowest BCUT2D eigenvalue weighted by molar-refractivity contribution is -0.122. The van der Waals surface area contributed by atoms with Crippen molar-refractivity contribution in [3.05, 3.63) is 34.3 Å². The second-order valence-electron chi connectivity index (χ2n) is 5.73. The van der Waals surface area contributed by atoms with Gasteiger partial charge >= 0.3 is 0 Å². The Kier molecular flexibility index (Phi) is 5.66. The van der Waals surface area contributed by atoms with Crippen molar-refractivity contribution in [3.63, 3.8) is 0 Å². The topological polar surface area (TPSA) is 61.4 Å². The van der Waals surface area contributed by atoms with E-state index in [4.69, 9.17) is 0 Å². The molecule has 4 atom stereocenters. The van der Waals surface area contributed by atoms with Crippen LogP contribution in [0.3, 0.4) is 0 Å². The molecule has 4 unspecified atom stereocenters. The van der Waals surface area contributed by atoms with E-state index in [1.54, 1.807) is 0 Å². The van der Waals surface area contributed by atoms with Crippen LogP contribution in [0.5, 0.6) is 0 Å². The molecule has 0 spiro atoms. The lowest BCUT2D eigenvalue weighted by Gasteiger charge is -2.14. The van der Waals surface area contributed by atoms with Gasteiger partial charge in [0, 0.05) is 35.9 Å². The highest BCUT2D eigenvalue weighted by Crippen LogP contribution is 2.47. The highest BCUT2D eigenvalue weighted by atomic mass is 79.9. The number of hydrogen-bond acceptors (Lipinski definition) is 3. The third-order valence-electron chi connectivity index (χ3n) is 4.25. The molecule has 3 N–H and O–H groups in total. The third-order valence-corrected chi connectivity index (χ3v) is 4.74. The average molecular weight is 376 g/mol. The zero-order valence-electron chi connectivity index (χ0n) is 11.6. The summed E-state index contributed by atoms with van der Waals surface area (Å²) >= 11 is 3.46. The van der Waals surface area contributed by atoms with E-state index in [2.05, 4.69) is 38.7 Å². The first-order valence-corrected chi connectivity index (χ1v) is 7.86. The molecule has 1 saturated carbocycles. The molecule has 2 aliphatic rings. The van der Waals surface area contributed by atoms with E-state index in [1.165, 1.54) is 5.56 Å². The SMILES string of the molecule is Cl.O=C(NCC1CNCC1O)C1CC1c1cccc(Br)c1. The zero-order chi connectivity index (χ0) is 14.1. The maximum atomic E-state index is 12.1. The molecular weight excluding hydrogens is 356 g/mol. The molecule has 0 aromatic heterocycles. The Morgan fingerprint density at radius 3 is 2.90 bits per heavy atom. The van der Waals surface area contributed by atoms with E-state index in [-0.39, 0.29) is 36.3 Å².